The number of hydrogen-bond donors (Lipinski definition) is 2. The maximum atomic E-state index is 5.67. The van der Waals surface area contributed by atoms with Crippen LogP contribution in [0, 0.1) is 0 Å². The zero-order valence-electron chi connectivity index (χ0n) is 11.9. The predicted molar refractivity (Wildman–Crippen MR) is 76.7 cm³/mol. The number of hydrogen-bond acceptors (Lipinski definition) is 4. The Morgan fingerprint density at radius 3 is 2.85 bits per heavy atom. The molecule has 1 fully saturated rings. The van der Waals surface area contributed by atoms with E-state index in [2.05, 4.69) is 27.4 Å². The summed E-state index contributed by atoms with van der Waals surface area (Å²) in [6, 6.07) is 2.66. The molecule has 0 spiro atoms. The lowest BCUT2D eigenvalue weighted by atomic mass is 10.1. The van der Waals surface area contributed by atoms with Gasteiger partial charge in [0.2, 0.25) is 0 Å². The van der Waals surface area contributed by atoms with E-state index < -0.39 is 0 Å². The van der Waals surface area contributed by atoms with Crippen LogP contribution in [0.15, 0.2) is 24.7 Å². The lowest BCUT2D eigenvalue weighted by Crippen LogP contribution is -2.31. The summed E-state index contributed by atoms with van der Waals surface area (Å²) in [4.78, 5) is 4.35. The lowest BCUT2D eigenvalue weighted by molar-refractivity contribution is 0.453. The van der Waals surface area contributed by atoms with E-state index in [-0.39, 0.29) is 6.04 Å². The van der Waals surface area contributed by atoms with Gasteiger partial charge in [0, 0.05) is 32.1 Å². The molecule has 3 N–H and O–H groups in total. The second kappa shape index (κ2) is 5.76. The normalized spacial score (nSPS) is 17.7. The van der Waals surface area contributed by atoms with Crippen LogP contribution >= 0.6 is 0 Å². The molecule has 6 nitrogen and oxygen atoms in total. The second-order valence-electron chi connectivity index (χ2n) is 5.55. The summed E-state index contributed by atoms with van der Waals surface area (Å²) in [5, 5.41) is 4.70. The summed E-state index contributed by atoms with van der Waals surface area (Å²) in [6.45, 7) is 0. The van der Waals surface area contributed by atoms with Crippen molar-refractivity contribution >= 4 is 0 Å². The Labute approximate surface area is 119 Å². The summed E-state index contributed by atoms with van der Waals surface area (Å²) in [5.41, 5.74) is 3.90. The molecule has 1 unspecified atom stereocenters. The van der Waals surface area contributed by atoms with Crippen LogP contribution in [0.3, 0.4) is 0 Å². The van der Waals surface area contributed by atoms with Gasteiger partial charge < -0.3 is 4.57 Å². The third kappa shape index (κ3) is 2.62. The van der Waals surface area contributed by atoms with Crippen molar-refractivity contribution in [1.82, 2.24) is 24.8 Å². The van der Waals surface area contributed by atoms with Gasteiger partial charge in [-0.3, -0.25) is 10.5 Å². The van der Waals surface area contributed by atoms with Gasteiger partial charge in [-0.05, 0) is 18.9 Å². The fourth-order valence-corrected chi connectivity index (χ4v) is 3.01. The molecular weight excluding hydrogens is 252 g/mol. The Kier molecular flexibility index (Phi) is 3.84. The van der Waals surface area contributed by atoms with Gasteiger partial charge in [-0.1, -0.05) is 12.8 Å². The van der Waals surface area contributed by atoms with Gasteiger partial charge in [0.05, 0.1) is 17.8 Å². The molecule has 0 aromatic carbocycles. The van der Waals surface area contributed by atoms with Crippen LogP contribution in [0.4, 0.5) is 0 Å². The van der Waals surface area contributed by atoms with Crippen LogP contribution in [-0.4, -0.2) is 19.3 Å². The molecule has 1 aliphatic carbocycles. The van der Waals surface area contributed by atoms with Gasteiger partial charge in [-0.2, -0.15) is 5.10 Å². The molecule has 2 heterocycles. The van der Waals surface area contributed by atoms with Gasteiger partial charge in [-0.25, -0.2) is 10.4 Å². The van der Waals surface area contributed by atoms with Crippen LogP contribution in [0.2, 0.25) is 0 Å². The summed E-state index contributed by atoms with van der Waals surface area (Å²) in [7, 11) is 1.98. The average Bonchev–Trinajstić information content (AvgIpc) is 3.17. The standard InChI is InChI=1S/C14H22N6/c1-19-9-7-16-14(19)13(17-15)10-11-6-8-20(18-11)12-4-2-3-5-12/h6-9,12-13,17H,2-5,10,15H2,1H3. The average molecular weight is 274 g/mol. The minimum absolute atomic E-state index is 0.0121. The van der Waals surface area contributed by atoms with Crippen molar-refractivity contribution in [2.75, 3.05) is 0 Å². The minimum atomic E-state index is -0.0121. The molecule has 0 radical (unpaired) electrons. The number of imidazole rings is 1. The first-order chi connectivity index (χ1) is 9.78. The summed E-state index contributed by atoms with van der Waals surface area (Å²) in [6.07, 6.45) is 11.7. The maximum absolute atomic E-state index is 5.67. The van der Waals surface area contributed by atoms with E-state index in [9.17, 15) is 0 Å². The van der Waals surface area contributed by atoms with Crippen LogP contribution in [0.5, 0.6) is 0 Å². The minimum Gasteiger partial charge on any atom is -0.337 e. The lowest BCUT2D eigenvalue weighted by Gasteiger charge is -2.14. The van der Waals surface area contributed by atoms with Crippen molar-refractivity contribution in [3.05, 3.63) is 36.2 Å². The highest BCUT2D eigenvalue weighted by Crippen LogP contribution is 2.29. The Balaban J connectivity index is 1.71. The quantitative estimate of drug-likeness (QED) is 0.640. The number of nitrogens with two attached hydrogens (primary N) is 1. The molecule has 108 valence electrons. The first-order valence-electron chi connectivity index (χ1n) is 7.25. The summed E-state index contributed by atoms with van der Waals surface area (Å²) in [5.74, 6) is 6.60. The van der Waals surface area contributed by atoms with Crippen LogP contribution < -0.4 is 11.3 Å². The largest absolute Gasteiger partial charge is 0.337 e. The molecule has 6 heteroatoms. The number of rotatable bonds is 5. The highest BCUT2D eigenvalue weighted by Gasteiger charge is 2.20. The number of aromatic nitrogens is 4. The van der Waals surface area contributed by atoms with Crippen molar-refractivity contribution in [2.45, 2.75) is 44.2 Å². The van der Waals surface area contributed by atoms with Gasteiger partial charge in [0.15, 0.2) is 0 Å². The maximum Gasteiger partial charge on any atom is 0.127 e. The van der Waals surface area contributed by atoms with Gasteiger partial charge >= 0.3 is 0 Å². The Morgan fingerprint density at radius 2 is 2.20 bits per heavy atom. The molecule has 1 atom stereocenters. The van der Waals surface area contributed by atoms with E-state index in [1.165, 1.54) is 25.7 Å². The Bertz CT molecular complexity index is 552. The van der Waals surface area contributed by atoms with Crippen LogP contribution in [0.1, 0.15) is 49.3 Å². The highest BCUT2D eigenvalue weighted by molar-refractivity contribution is 5.08. The number of hydrazine groups is 1. The van der Waals surface area contributed by atoms with Gasteiger partial charge in [-0.15, -0.1) is 0 Å². The van der Waals surface area contributed by atoms with Crippen molar-refractivity contribution in [2.24, 2.45) is 12.9 Å². The zero-order valence-corrected chi connectivity index (χ0v) is 11.9. The molecule has 2 aromatic rings. The number of nitrogens with one attached hydrogen (secondary N) is 1. The molecule has 1 aliphatic rings. The van der Waals surface area contributed by atoms with Crippen molar-refractivity contribution < 1.29 is 0 Å². The third-order valence-electron chi connectivity index (χ3n) is 4.15. The molecule has 1 saturated carbocycles. The van der Waals surface area contributed by atoms with Crippen molar-refractivity contribution in [1.29, 1.82) is 0 Å². The third-order valence-corrected chi connectivity index (χ3v) is 4.15. The monoisotopic (exact) mass is 274 g/mol. The van der Waals surface area contributed by atoms with E-state index in [1.807, 2.05) is 17.8 Å². The van der Waals surface area contributed by atoms with Gasteiger partial charge in [0.25, 0.3) is 0 Å². The molecule has 20 heavy (non-hydrogen) atoms. The first-order valence-corrected chi connectivity index (χ1v) is 7.25. The van der Waals surface area contributed by atoms with E-state index in [0.717, 1.165) is 17.9 Å². The van der Waals surface area contributed by atoms with E-state index in [0.29, 0.717) is 6.04 Å². The smallest absolute Gasteiger partial charge is 0.127 e. The topological polar surface area (TPSA) is 73.7 Å². The van der Waals surface area contributed by atoms with Crippen molar-refractivity contribution in [3.8, 4) is 0 Å². The summed E-state index contributed by atoms with van der Waals surface area (Å²) < 4.78 is 4.10. The molecule has 0 saturated heterocycles. The molecule has 3 rings (SSSR count). The molecule has 0 amide bonds. The SMILES string of the molecule is Cn1ccnc1C(Cc1ccn(C2CCCC2)n1)NN. The molecular formula is C14H22N6. The fourth-order valence-electron chi connectivity index (χ4n) is 3.01. The number of aryl methyl sites for hydroxylation is 1. The second-order valence-corrected chi connectivity index (χ2v) is 5.55. The summed E-state index contributed by atoms with van der Waals surface area (Å²) >= 11 is 0. The Morgan fingerprint density at radius 1 is 1.40 bits per heavy atom. The van der Waals surface area contributed by atoms with E-state index >= 15 is 0 Å². The Hall–Kier alpha value is -1.66. The predicted octanol–water partition coefficient (Wildman–Crippen LogP) is 1.48. The van der Waals surface area contributed by atoms with Gasteiger partial charge in [0.1, 0.15) is 5.82 Å². The molecule has 0 bridgehead atoms. The van der Waals surface area contributed by atoms with Crippen LogP contribution in [-0.2, 0) is 13.5 Å². The van der Waals surface area contributed by atoms with E-state index in [4.69, 9.17) is 10.9 Å². The van der Waals surface area contributed by atoms with Crippen LogP contribution in [0.25, 0.3) is 0 Å². The van der Waals surface area contributed by atoms with Crippen molar-refractivity contribution in [3.63, 3.8) is 0 Å². The number of nitrogens with zero attached hydrogens (tertiary/aromatic N) is 4. The highest BCUT2D eigenvalue weighted by atomic mass is 15.3. The zero-order chi connectivity index (χ0) is 13.9. The first kappa shape index (κ1) is 13.3. The molecule has 2 aromatic heterocycles. The molecule has 0 aliphatic heterocycles. The fraction of sp³-hybridized carbons (Fsp3) is 0.571. The van der Waals surface area contributed by atoms with E-state index in [1.54, 1.807) is 6.20 Å².